The van der Waals surface area contributed by atoms with Gasteiger partial charge < -0.3 is 5.32 Å². The maximum atomic E-state index is 12.3. The molecule has 0 saturated heterocycles. The number of aromatic nitrogens is 3. The fraction of sp³-hybridized carbons (Fsp3) is 0.235. The number of hydrogen-bond acceptors (Lipinski definition) is 4. The summed E-state index contributed by atoms with van der Waals surface area (Å²) < 4.78 is 1.70. The normalized spacial score (nSPS) is 10.7. The first-order valence-electron chi connectivity index (χ1n) is 7.45. The number of nitrogens with one attached hydrogen (secondary N) is 1. The summed E-state index contributed by atoms with van der Waals surface area (Å²) >= 11 is 1.69. The number of nitrogens with zero attached hydrogens (tertiary/aromatic N) is 3. The van der Waals surface area contributed by atoms with Gasteiger partial charge in [0.2, 0.25) is 0 Å². The summed E-state index contributed by atoms with van der Waals surface area (Å²) in [7, 11) is 0. The predicted molar refractivity (Wildman–Crippen MR) is 91.2 cm³/mol. The van der Waals surface area contributed by atoms with E-state index in [1.165, 1.54) is 4.88 Å². The molecule has 3 aromatic rings. The number of amides is 1. The van der Waals surface area contributed by atoms with Gasteiger partial charge >= 0.3 is 0 Å². The molecule has 0 atom stereocenters. The Kier molecular flexibility index (Phi) is 4.52. The molecule has 1 amide bonds. The number of aryl methyl sites for hydroxylation is 1. The Morgan fingerprint density at radius 1 is 1.26 bits per heavy atom. The zero-order valence-electron chi connectivity index (χ0n) is 13.1. The van der Waals surface area contributed by atoms with Crippen LogP contribution < -0.4 is 5.32 Å². The molecule has 0 saturated carbocycles. The number of thiophene rings is 1. The molecule has 0 fully saturated rings. The molecule has 118 valence electrons. The van der Waals surface area contributed by atoms with E-state index < -0.39 is 0 Å². The van der Waals surface area contributed by atoms with Gasteiger partial charge in [-0.25, -0.2) is 4.68 Å². The van der Waals surface area contributed by atoms with Crippen LogP contribution >= 0.6 is 11.3 Å². The lowest BCUT2D eigenvalue weighted by molar-refractivity contribution is 0.0948. The van der Waals surface area contributed by atoms with E-state index in [1.807, 2.05) is 49.6 Å². The average Bonchev–Trinajstić information content (AvgIpc) is 3.17. The molecule has 2 heterocycles. The molecule has 23 heavy (non-hydrogen) atoms. The Morgan fingerprint density at radius 2 is 2.13 bits per heavy atom. The summed E-state index contributed by atoms with van der Waals surface area (Å²) in [6, 6.07) is 12.0. The summed E-state index contributed by atoms with van der Waals surface area (Å²) in [6.45, 7) is 4.47. The number of rotatable bonds is 5. The van der Waals surface area contributed by atoms with Crippen molar-refractivity contribution in [3.05, 3.63) is 63.6 Å². The minimum absolute atomic E-state index is 0.182. The van der Waals surface area contributed by atoms with Crippen LogP contribution in [0.5, 0.6) is 0 Å². The first kappa shape index (κ1) is 15.4. The van der Waals surface area contributed by atoms with Crippen molar-refractivity contribution in [1.29, 1.82) is 0 Å². The fourth-order valence-corrected chi connectivity index (χ4v) is 3.09. The zero-order valence-corrected chi connectivity index (χ0v) is 13.9. The largest absolute Gasteiger partial charge is 0.350 e. The first-order chi connectivity index (χ1) is 11.1. The van der Waals surface area contributed by atoms with Gasteiger partial charge in [0.05, 0.1) is 11.4 Å². The predicted octanol–water partition coefficient (Wildman–Crippen LogP) is 2.92. The quantitative estimate of drug-likeness (QED) is 0.784. The van der Waals surface area contributed by atoms with Crippen LogP contribution in [0.3, 0.4) is 0 Å². The molecular formula is C17H18N4OS. The fourth-order valence-electron chi connectivity index (χ4n) is 2.38. The average molecular weight is 326 g/mol. The Morgan fingerprint density at radius 3 is 2.87 bits per heavy atom. The zero-order chi connectivity index (χ0) is 16.2. The third-order valence-corrected chi connectivity index (χ3v) is 4.53. The maximum Gasteiger partial charge on any atom is 0.273 e. The summed E-state index contributed by atoms with van der Waals surface area (Å²) in [6.07, 6.45) is 0.828. The highest BCUT2D eigenvalue weighted by atomic mass is 32.1. The van der Waals surface area contributed by atoms with Crippen molar-refractivity contribution in [2.75, 3.05) is 6.54 Å². The van der Waals surface area contributed by atoms with E-state index in [0.29, 0.717) is 12.2 Å². The van der Waals surface area contributed by atoms with E-state index in [4.69, 9.17) is 0 Å². The Hall–Kier alpha value is -2.47. The lowest BCUT2D eigenvalue weighted by atomic mass is 10.2. The van der Waals surface area contributed by atoms with Crippen molar-refractivity contribution in [3.8, 4) is 5.69 Å². The summed E-state index contributed by atoms with van der Waals surface area (Å²) in [4.78, 5) is 13.5. The van der Waals surface area contributed by atoms with Crippen LogP contribution in [-0.4, -0.2) is 27.4 Å². The number of carbonyl (C=O) groups excluding carboxylic acids is 1. The molecule has 2 aromatic heterocycles. The highest BCUT2D eigenvalue weighted by Gasteiger charge is 2.17. The van der Waals surface area contributed by atoms with E-state index in [-0.39, 0.29) is 5.91 Å². The molecule has 0 radical (unpaired) electrons. The van der Waals surface area contributed by atoms with Gasteiger partial charge in [0, 0.05) is 11.4 Å². The van der Waals surface area contributed by atoms with Crippen molar-refractivity contribution in [1.82, 2.24) is 20.3 Å². The molecule has 0 aliphatic carbocycles. The summed E-state index contributed by atoms with van der Waals surface area (Å²) in [5.41, 5.74) is 3.16. The standard InChI is InChI=1S/C17H18N4OS/c1-12-5-3-6-14(11-12)21-13(2)16(19-20-21)17(22)18-9-8-15-7-4-10-23-15/h3-7,10-11H,8-9H2,1-2H3,(H,18,22). The van der Waals surface area contributed by atoms with Gasteiger partial charge in [-0.1, -0.05) is 23.4 Å². The van der Waals surface area contributed by atoms with Gasteiger partial charge in [-0.2, -0.15) is 0 Å². The molecule has 0 unspecified atom stereocenters. The third-order valence-electron chi connectivity index (χ3n) is 3.59. The first-order valence-corrected chi connectivity index (χ1v) is 8.33. The van der Waals surface area contributed by atoms with Gasteiger partial charge in [-0.05, 0) is 49.4 Å². The Labute approximate surface area is 139 Å². The molecule has 0 bridgehead atoms. The van der Waals surface area contributed by atoms with Crippen LogP contribution in [0.1, 0.15) is 26.6 Å². The molecule has 1 aromatic carbocycles. The lowest BCUT2D eigenvalue weighted by Crippen LogP contribution is -2.26. The van der Waals surface area contributed by atoms with Crippen molar-refractivity contribution in [2.45, 2.75) is 20.3 Å². The van der Waals surface area contributed by atoms with Gasteiger partial charge in [0.15, 0.2) is 5.69 Å². The van der Waals surface area contributed by atoms with Crippen LogP contribution in [0.15, 0.2) is 41.8 Å². The van der Waals surface area contributed by atoms with E-state index in [1.54, 1.807) is 16.0 Å². The smallest absolute Gasteiger partial charge is 0.273 e. The molecule has 0 spiro atoms. The molecule has 1 N–H and O–H groups in total. The van der Waals surface area contributed by atoms with Gasteiger partial charge in [-0.15, -0.1) is 16.4 Å². The lowest BCUT2D eigenvalue weighted by Gasteiger charge is -2.05. The van der Waals surface area contributed by atoms with E-state index >= 15 is 0 Å². The van der Waals surface area contributed by atoms with E-state index in [0.717, 1.165) is 23.4 Å². The minimum atomic E-state index is -0.182. The summed E-state index contributed by atoms with van der Waals surface area (Å²) in [5, 5.41) is 13.1. The van der Waals surface area contributed by atoms with Gasteiger partial charge in [0.1, 0.15) is 0 Å². The molecule has 6 heteroatoms. The number of hydrogen-bond donors (Lipinski definition) is 1. The van der Waals surface area contributed by atoms with E-state index in [2.05, 4.69) is 21.7 Å². The topological polar surface area (TPSA) is 59.8 Å². The highest BCUT2D eigenvalue weighted by Crippen LogP contribution is 2.14. The van der Waals surface area contributed by atoms with Gasteiger partial charge in [0.25, 0.3) is 5.91 Å². The highest BCUT2D eigenvalue weighted by molar-refractivity contribution is 7.09. The van der Waals surface area contributed by atoms with Crippen LogP contribution in [0.2, 0.25) is 0 Å². The van der Waals surface area contributed by atoms with Crippen LogP contribution in [0.4, 0.5) is 0 Å². The SMILES string of the molecule is Cc1cccc(-n2nnc(C(=O)NCCc3cccs3)c2C)c1. The number of benzene rings is 1. The second-order valence-electron chi connectivity index (χ2n) is 5.36. The molecule has 5 nitrogen and oxygen atoms in total. The monoisotopic (exact) mass is 326 g/mol. The van der Waals surface area contributed by atoms with Crippen molar-refractivity contribution < 1.29 is 4.79 Å². The third kappa shape index (κ3) is 3.48. The Balaban J connectivity index is 1.69. The molecule has 0 aliphatic rings. The van der Waals surface area contributed by atoms with Crippen molar-refractivity contribution >= 4 is 17.2 Å². The molecule has 3 rings (SSSR count). The van der Waals surface area contributed by atoms with Crippen molar-refractivity contribution in [2.24, 2.45) is 0 Å². The van der Waals surface area contributed by atoms with Crippen LogP contribution in [0.25, 0.3) is 5.69 Å². The Bertz CT molecular complexity index is 808. The van der Waals surface area contributed by atoms with Crippen LogP contribution in [0, 0.1) is 13.8 Å². The maximum absolute atomic E-state index is 12.3. The number of carbonyl (C=O) groups is 1. The van der Waals surface area contributed by atoms with E-state index in [9.17, 15) is 4.79 Å². The van der Waals surface area contributed by atoms with Crippen LogP contribution in [-0.2, 0) is 6.42 Å². The second kappa shape index (κ2) is 6.75. The summed E-state index contributed by atoms with van der Waals surface area (Å²) in [5.74, 6) is -0.182. The molecular weight excluding hydrogens is 308 g/mol. The minimum Gasteiger partial charge on any atom is -0.350 e. The second-order valence-corrected chi connectivity index (χ2v) is 6.39. The van der Waals surface area contributed by atoms with Gasteiger partial charge in [-0.3, -0.25) is 4.79 Å². The van der Waals surface area contributed by atoms with Crippen molar-refractivity contribution in [3.63, 3.8) is 0 Å². The molecule has 0 aliphatic heterocycles.